The van der Waals surface area contributed by atoms with Crippen molar-refractivity contribution in [3.05, 3.63) is 71.8 Å². The van der Waals surface area contributed by atoms with Crippen molar-refractivity contribution in [1.82, 2.24) is 14.8 Å². The zero-order valence-corrected chi connectivity index (χ0v) is 15.1. The van der Waals surface area contributed by atoms with Crippen molar-refractivity contribution in [2.45, 2.75) is 36.1 Å². The summed E-state index contributed by atoms with van der Waals surface area (Å²) in [4.78, 5) is 12.7. The number of benzene rings is 2. The van der Waals surface area contributed by atoms with Gasteiger partial charge in [-0.15, -0.1) is 10.2 Å². The zero-order chi connectivity index (χ0) is 18.1. The molecular formula is C20H18FN3OS. The smallest absolute Gasteiger partial charge is 0.196 e. The first-order valence-corrected chi connectivity index (χ1v) is 9.48. The third-order valence-corrected chi connectivity index (χ3v) is 5.44. The Labute approximate surface area is 155 Å². The van der Waals surface area contributed by atoms with E-state index in [1.165, 1.54) is 36.0 Å². The van der Waals surface area contributed by atoms with Crippen molar-refractivity contribution >= 4 is 17.5 Å². The molecule has 1 heterocycles. The molecule has 3 aromatic rings. The molecule has 1 aromatic heterocycles. The number of carbonyl (C=O) groups excluding carboxylic acids is 1. The van der Waals surface area contributed by atoms with E-state index in [-0.39, 0.29) is 16.9 Å². The summed E-state index contributed by atoms with van der Waals surface area (Å²) in [5, 5.41) is 9.09. The first-order valence-electron chi connectivity index (χ1n) is 8.60. The number of aromatic nitrogens is 3. The number of halogens is 1. The quantitative estimate of drug-likeness (QED) is 0.470. The molecule has 0 aliphatic heterocycles. The van der Waals surface area contributed by atoms with Crippen LogP contribution in [0.3, 0.4) is 0 Å². The van der Waals surface area contributed by atoms with Crippen LogP contribution in [0.15, 0.2) is 59.8 Å². The molecule has 0 spiro atoms. The van der Waals surface area contributed by atoms with Crippen molar-refractivity contribution in [3.8, 4) is 5.69 Å². The molecule has 1 aliphatic rings. The van der Waals surface area contributed by atoms with Gasteiger partial charge in [-0.05, 0) is 56.2 Å². The van der Waals surface area contributed by atoms with Crippen LogP contribution in [-0.2, 0) is 0 Å². The predicted octanol–water partition coefficient (Wildman–Crippen LogP) is 4.65. The fourth-order valence-electron chi connectivity index (χ4n) is 2.84. The number of hydrogen-bond donors (Lipinski definition) is 0. The molecule has 1 saturated carbocycles. The molecule has 132 valence electrons. The Morgan fingerprint density at radius 2 is 1.81 bits per heavy atom. The van der Waals surface area contributed by atoms with Gasteiger partial charge in [0.25, 0.3) is 0 Å². The SMILES string of the molecule is CC(Sc1nnc(C2CC2)n1-c1ccccc1)C(=O)c1ccc(F)cc1. The fourth-order valence-corrected chi connectivity index (χ4v) is 3.80. The van der Waals surface area contributed by atoms with Gasteiger partial charge in [0.05, 0.1) is 5.25 Å². The zero-order valence-electron chi connectivity index (χ0n) is 14.3. The van der Waals surface area contributed by atoms with Gasteiger partial charge in [0.15, 0.2) is 10.9 Å². The monoisotopic (exact) mass is 367 g/mol. The van der Waals surface area contributed by atoms with Crippen LogP contribution in [0.1, 0.15) is 41.9 Å². The lowest BCUT2D eigenvalue weighted by Gasteiger charge is -2.13. The van der Waals surface area contributed by atoms with Gasteiger partial charge in [-0.25, -0.2) is 4.39 Å². The molecule has 0 bridgehead atoms. The van der Waals surface area contributed by atoms with Crippen LogP contribution in [0, 0.1) is 5.82 Å². The van der Waals surface area contributed by atoms with Gasteiger partial charge in [-0.2, -0.15) is 0 Å². The highest BCUT2D eigenvalue weighted by Crippen LogP contribution is 2.41. The first kappa shape index (κ1) is 17.0. The molecule has 1 atom stereocenters. The minimum Gasteiger partial charge on any atom is -0.293 e. The van der Waals surface area contributed by atoms with Gasteiger partial charge >= 0.3 is 0 Å². The number of ketones is 1. The van der Waals surface area contributed by atoms with Crippen LogP contribution in [0.4, 0.5) is 4.39 Å². The Bertz CT molecular complexity index is 920. The normalized spacial score (nSPS) is 15.0. The van der Waals surface area contributed by atoms with E-state index in [0.29, 0.717) is 16.6 Å². The summed E-state index contributed by atoms with van der Waals surface area (Å²) in [5.41, 5.74) is 1.50. The summed E-state index contributed by atoms with van der Waals surface area (Å²) in [7, 11) is 0. The van der Waals surface area contributed by atoms with Gasteiger partial charge in [0.2, 0.25) is 0 Å². The second-order valence-corrected chi connectivity index (χ2v) is 7.73. The summed E-state index contributed by atoms with van der Waals surface area (Å²) in [5.74, 6) is 1.01. The van der Waals surface area contributed by atoms with E-state index in [9.17, 15) is 9.18 Å². The van der Waals surface area contributed by atoms with Crippen molar-refractivity contribution in [2.24, 2.45) is 0 Å². The fraction of sp³-hybridized carbons (Fsp3) is 0.250. The third kappa shape index (κ3) is 3.42. The number of hydrogen-bond acceptors (Lipinski definition) is 4. The van der Waals surface area contributed by atoms with E-state index in [2.05, 4.69) is 14.8 Å². The summed E-state index contributed by atoms with van der Waals surface area (Å²) in [6.07, 6.45) is 2.25. The van der Waals surface area contributed by atoms with Crippen molar-refractivity contribution in [3.63, 3.8) is 0 Å². The summed E-state index contributed by atoms with van der Waals surface area (Å²) in [6, 6.07) is 15.6. The van der Waals surface area contributed by atoms with Crippen LogP contribution >= 0.6 is 11.8 Å². The molecule has 1 fully saturated rings. The highest BCUT2D eigenvalue weighted by molar-refractivity contribution is 8.00. The number of carbonyl (C=O) groups is 1. The van der Waals surface area contributed by atoms with Gasteiger partial charge in [-0.3, -0.25) is 9.36 Å². The Morgan fingerprint density at radius 1 is 1.12 bits per heavy atom. The molecule has 2 aromatic carbocycles. The van der Waals surface area contributed by atoms with Crippen LogP contribution in [-0.4, -0.2) is 25.8 Å². The van der Waals surface area contributed by atoms with E-state index < -0.39 is 0 Å². The molecule has 1 aliphatic carbocycles. The lowest BCUT2D eigenvalue weighted by atomic mass is 10.1. The van der Waals surface area contributed by atoms with Crippen LogP contribution in [0.2, 0.25) is 0 Å². The van der Waals surface area contributed by atoms with E-state index in [4.69, 9.17) is 0 Å². The number of Topliss-reactive ketones (excluding diaryl/α,β-unsaturated/α-hetero) is 1. The lowest BCUT2D eigenvalue weighted by molar-refractivity contribution is 0.0994. The third-order valence-electron chi connectivity index (χ3n) is 4.40. The summed E-state index contributed by atoms with van der Waals surface area (Å²) >= 11 is 1.38. The highest BCUT2D eigenvalue weighted by Gasteiger charge is 2.32. The Hall–Kier alpha value is -2.47. The second-order valence-electron chi connectivity index (χ2n) is 6.42. The molecule has 4 rings (SSSR count). The van der Waals surface area contributed by atoms with Crippen LogP contribution in [0.5, 0.6) is 0 Å². The number of rotatable bonds is 6. The van der Waals surface area contributed by atoms with E-state index >= 15 is 0 Å². The highest BCUT2D eigenvalue weighted by atomic mass is 32.2. The minimum atomic E-state index is -0.348. The van der Waals surface area contributed by atoms with Crippen molar-refractivity contribution in [2.75, 3.05) is 0 Å². The van der Waals surface area contributed by atoms with Crippen LogP contribution in [0.25, 0.3) is 5.69 Å². The average Bonchev–Trinajstić information content (AvgIpc) is 3.43. The molecule has 0 amide bonds. The maximum Gasteiger partial charge on any atom is 0.196 e. The second kappa shape index (κ2) is 7.03. The van der Waals surface area contributed by atoms with Crippen LogP contribution < -0.4 is 0 Å². The summed E-state index contributed by atoms with van der Waals surface area (Å²) in [6.45, 7) is 1.84. The first-order chi connectivity index (χ1) is 12.6. The summed E-state index contributed by atoms with van der Waals surface area (Å²) < 4.78 is 15.1. The van der Waals surface area contributed by atoms with E-state index in [1.54, 1.807) is 0 Å². The topological polar surface area (TPSA) is 47.8 Å². The molecule has 0 N–H and O–H groups in total. The largest absolute Gasteiger partial charge is 0.293 e. The molecule has 1 unspecified atom stereocenters. The van der Waals surface area contributed by atoms with E-state index in [1.807, 2.05) is 37.3 Å². The Morgan fingerprint density at radius 3 is 2.46 bits per heavy atom. The number of nitrogens with zero attached hydrogens (tertiary/aromatic N) is 3. The predicted molar refractivity (Wildman–Crippen MR) is 99.4 cm³/mol. The molecule has 0 radical (unpaired) electrons. The standard InChI is InChI=1S/C20H18FN3OS/c1-13(18(25)14-9-11-16(21)12-10-14)26-20-23-22-19(15-7-8-15)24(20)17-5-3-2-4-6-17/h2-6,9-13,15H,7-8H2,1H3. The van der Waals surface area contributed by atoms with Gasteiger partial charge in [0, 0.05) is 17.2 Å². The maximum atomic E-state index is 13.1. The van der Waals surface area contributed by atoms with Gasteiger partial charge in [-0.1, -0.05) is 30.0 Å². The lowest BCUT2D eigenvalue weighted by Crippen LogP contribution is -2.14. The molecular weight excluding hydrogens is 349 g/mol. The Balaban J connectivity index is 1.62. The number of thioether (sulfide) groups is 1. The molecule has 6 heteroatoms. The van der Waals surface area contributed by atoms with Gasteiger partial charge < -0.3 is 0 Å². The average molecular weight is 367 g/mol. The minimum absolute atomic E-state index is 0.0504. The Kier molecular flexibility index (Phi) is 4.59. The molecule has 4 nitrogen and oxygen atoms in total. The number of para-hydroxylation sites is 1. The van der Waals surface area contributed by atoms with Gasteiger partial charge in [0.1, 0.15) is 11.6 Å². The molecule has 26 heavy (non-hydrogen) atoms. The van der Waals surface area contributed by atoms with Crippen molar-refractivity contribution < 1.29 is 9.18 Å². The maximum absolute atomic E-state index is 13.1. The van der Waals surface area contributed by atoms with Crippen molar-refractivity contribution in [1.29, 1.82) is 0 Å². The van der Waals surface area contributed by atoms with E-state index in [0.717, 1.165) is 24.4 Å². The molecule has 0 saturated heterocycles.